The Balaban J connectivity index is 1.03. The highest BCUT2D eigenvalue weighted by Gasteiger charge is 2.41. The maximum Gasteiger partial charge on any atom is 0.223 e. The van der Waals surface area contributed by atoms with Crippen LogP contribution in [0.3, 0.4) is 0 Å². The van der Waals surface area contributed by atoms with Crippen molar-refractivity contribution in [1.29, 1.82) is 0 Å². The fourth-order valence-electron chi connectivity index (χ4n) is 9.31. The summed E-state index contributed by atoms with van der Waals surface area (Å²) in [5.74, 6) is 9.38. The van der Waals surface area contributed by atoms with Gasteiger partial charge in [-0.3, -0.25) is 14.6 Å². The molecule has 6 aliphatic rings. The monoisotopic (exact) mass is 760 g/mol. The highest BCUT2D eigenvalue weighted by atomic mass is 16.5. The van der Waals surface area contributed by atoms with Crippen LogP contribution < -0.4 is 5.32 Å². The van der Waals surface area contributed by atoms with E-state index in [0.717, 1.165) is 68.1 Å². The van der Waals surface area contributed by atoms with E-state index in [1.165, 1.54) is 28.0 Å². The van der Waals surface area contributed by atoms with E-state index in [1.807, 2.05) is 0 Å². The zero-order valence-corrected chi connectivity index (χ0v) is 34.0. The number of nitrogens with zero attached hydrogens (tertiary/aromatic N) is 4. The molecule has 56 heavy (non-hydrogen) atoms. The predicted octanol–water partition coefficient (Wildman–Crippen LogP) is 6.41. The summed E-state index contributed by atoms with van der Waals surface area (Å²) in [6.45, 7) is 11.7. The summed E-state index contributed by atoms with van der Waals surface area (Å²) >= 11 is 0. The molecule has 10 heteroatoms. The summed E-state index contributed by atoms with van der Waals surface area (Å²) < 4.78 is 12.1. The molecule has 10 nitrogen and oxygen atoms in total. The Kier molecular flexibility index (Phi) is 12.3. The minimum absolute atomic E-state index is 0.0603. The van der Waals surface area contributed by atoms with E-state index in [-0.39, 0.29) is 35.7 Å². The van der Waals surface area contributed by atoms with E-state index >= 15 is 0 Å². The zero-order chi connectivity index (χ0) is 39.5. The van der Waals surface area contributed by atoms with Crippen LogP contribution >= 0.6 is 0 Å². The van der Waals surface area contributed by atoms with Crippen LogP contribution in [0, 0.1) is 60.2 Å². The van der Waals surface area contributed by atoms with Crippen molar-refractivity contribution in [3.05, 3.63) is 57.9 Å². The molecule has 2 N–H and O–H groups in total. The molecule has 0 bridgehead atoms. The van der Waals surface area contributed by atoms with Gasteiger partial charge in [-0.2, -0.15) is 0 Å². The third kappa shape index (κ3) is 8.28. The fourth-order valence-corrected chi connectivity index (χ4v) is 9.31. The van der Waals surface area contributed by atoms with Gasteiger partial charge in [0.2, 0.25) is 11.8 Å². The number of aryl methyl sites for hydroxylation is 1. The third-order valence-corrected chi connectivity index (χ3v) is 13.1. The van der Waals surface area contributed by atoms with Gasteiger partial charge in [0.15, 0.2) is 0 Å². The quantitative estimate of drug-likeness (QED) is 0.212. The smallest absolute Gasteiger partial charge is 0.223 e. The second-order valence-electron chi connectivity index (χ2n) is 17.1. The van der Waals surface area contributed by atoms with Crippen LogP contribution in [-0.2, 0) is 25.5 Å². The lowest BCUT2D eigenvalue weighted by Gasteiger charge is -2.36. The van der Waals surface area contributed by atoms with E-state index in [2.05, 4.69) is 73.0 Å². The predicted molar refractivity (Wildman–Crippen MR) is 220 cm³/mol. The lowest BCUT2D eigenvalue weighted by molar-refractivity contribution is -0.133. The first-order valence-electron chi connectivity index (χ1n) is 21.0. The molecule has 1 aromatic heterocycles. The Bertz CT molecular complexity index is 1910. The van der Waals surface area contributed by atoms with E-state index < -0.39 is 5.92 Å². The summed E-state index contributed by atoms with van der Waals surface area (Å²) in [7, 11) is 1.74. The number of imidazole rings is 1. The van der Waals surface area contributed by atoms with E-state index in [1.54, 1.807) is 12.0 Å². The molecule has 3 aliphatic carbocycles. The lowest BCUT2D eigenvalue weighted by atomic mass is 9.73. The number of allylic oxidation sites excluding steroid dienone is 4. The number of amidine groups is 1. The topological polar surface area (TPSA) is 112 Å². The number of terminal acetylenes is 2. The molecule has 298 valence electrons. The Labute approximate surface area is 333 Å². The number of carbonyl (C=O) groups excluding carboxylic acids is 2. The van der Waals surface area contributed by atoms with Crippen molar-refractivity contribution < 1.29 is 19.1 Å². The molecule has 1 aromatic rings. The molecular formula is C46H60N6O4. The number of amides is 2. The maximum atomic E-state index is 13.5. The summed E-state index contributed by atoms with van der Waals surface area (Å²) in [5.41, 5.74) is 7.35. The molecule has 0 saturated carbocycles. The molecule has 1 saturated heterocycles. The Morgan fingerprint density at radius 2 is 1.95 bits per heavy atom. The molecule has 7 rings (SSSR count). The van der Waals surface area contributed by atoms with Gasteiger partial charge >= 0.3 is 0 Å². The highest BCUT2D eigenvalue weighted by molar-refractivity contribution is 5.90. The number of hydrogen-bond acceptors (Lipinski definition) is 7. The van der Waals surface area contributed by atoms with Gasteiger partial charge in [-0.25, -0.2) is 4.98 Å². The minimum atomic E-state index is -0.433. The number of likely N-dealkylation sites (tertiary alicyclic amines) is 1. The molecular weight excluding hydrogens is 701 g/mol. The third-order valence-electron chi connectivity index (χ3n) is 13.1. The molecule has 3 aliphatic heterocycles. The van der Waals surface area contributed by atoms with Gasteiger partial charge < -0.3 is 29.6 Å². The van der Waals surface area contributed by atoms with Crippen molar-refractivity contribution in [3.63, 3.8) is 0 Å². The number of hydrogen-bond donors (Lipinski definition) is 2. The molecule has 7 unspecified atom stereocenters. The lowest BCUT2D eigenvalue weighted by Crippen LogP contribution is -2.45. The largest absolute Gasteiger partial charge is 0.489 e. The first-order valence-corrected chi connectivity index (χ1v) is 21.0. The molecule has 7 atom stereocenters. The molecule has 1 fully saturated rings. The van der Waals surface area contributed by atoms with Crippen LogP contribution in [0.2, 0.25) is 0 Å². The summed E-state index contributed by atoms with van der Waals surface area (Å²) in [5, 5.41) is 3.65. The first-order chi connectivity index (χ1) is 27.1. The number of H-pyrrole nitrogens is 1. The van der Waals surface area contributed by atoms with Crippen molar-refractivity contribution in [2.24, 2.45) is 40.5 Å². The van der Waals surface area contributed by atoms with Crippen LogP contribution in [0.1, 0.15) is 102 Å². The van der Waals surface area contributed by atoms with Gasteiger partial charge in [0.1, 0.15) is 24.0 Å². The van der Waals surface area contributed by atoms with Crippen molar-refractivity contribution in [2.75, 3.05) is 46.5 Å². The van der Waals surface area contributed by atoms with E-state index in [4.69, 9.17) is 32.3 Å². The van der Waals surface area contributed by atoms with Gasteiger partial charge in [-0.15, -0.1) is 12.8 Å². The highest BCUT2D eigenvalue weighted by Crippen LogP contribution is 2.49. The van der Waals surface area contributed by atoms with Crippen LogP contribution in [0.25, 0.3) is 5.57 Å². The van der Waals surface area contributed by atoms with Crippen molar-refractivity contribution in [3.8, 4) is 24.7 Å². The minimum Gasteiger partial charge on any atom is -0.489 e. The number of carbonyl (C=O) groups is 2. The van der Waals surface area contributed by atoms with E-state index in [0.29, 0.717) is 70.0 Å². The van der Waals surface area contributed by atoms with Crippen molar-refractivity contribution in [1.82, 2.24) is 25.1 Å². The Morgan fingerprint density at radius 3 is 2.70 bits per heavy atom. The molecule has 0 spiro atoms. The number of aromatic nitrogens is 2. The number of ether oxygens (including phenoxy) is 2. The first kappa shape index (κ1) is 39.7. The van der Waals surface area contributed by atoms with Crippen molar-refractivity contribution in [2.45, 2.75) is 97.6 Å². The molecule has 4 heterocycles. The number of methoxy groups -OCH3 is 1. The van der Waals surface area contributed by atoms with Crippen LogP contribution in [0.5, 0.6) is 0 Å². The molecule has 2 amide bonds. The summed E-state index contributed by atoms with van der Waals surface area (Å²) in [6.07, 6.45) is 26.0. The fraction of sp³-hybridized carbons (Fsp3) is 0.609. The summed E-state index contributed by atoms with van der Waals surface area (Å²) in [4.78, 5) is 44.5. The van der Waals surface area contributed by atoms with Crippen LogP contribution in [-0.4, -0.2) is 90.0 Å². The number of aliphatic imine (C=N–C) groups is 1. The normalized spacial score (nSPS) is 26.1. The second kappa shape index (κ2) is 17.3. The maximum absolute atomic E-state index is 13.5. The van der Waals surface area contributed by atoms with Gasteiger partial charge in [-0.05, 0) is 72.7 Å². The Morgan fingerprint density at radius 1 is 1.16 bits per heavy atom. The standard InChI is InChI=1S/C46H60N6O4/c1-8-28(5)16-43(53)51(23-30(10-3)11-4)25-42-47-22-39(48-42)33-12-14-35-34(19-33)27-56-41-21-36-32(20-37(35)41)13-15-38-45(36)50-46(49-38)40-18-31(26-55-7)24-52(40)44(54)17-29(6)9-2/h3-4,14,19,21,28-33,39-40H,8-9,12-13,15-18,20,22-27H2,1-2,5-7H3,(H,47,48)(H,49,50). The van der Waals surface area contributed by atoms with Crippen molar-refractivity contribution >= 4 is 23.2 Å². The molecule has 0 radical (unpaired) electrons. The van der Waals surface area contributed by atoms with Gasteiger partial charge in [0.05, 0.1) is 43.4 Å². The molecule has 0 aromatic carbocycles. The van der Waals surface area contributed by atoms with Gasteiger partial charge in [0.25, 0.3) is 0 Å². The van der Waals surface area contributed by atoms with E-state index in [9.17, 15) is 9.59 Å². The number of aromatic amines is 1. The average Bonchev–Trinajstić information content (AvgIpc) is 3.97. The number of nitrogens with one attached hydrogen (secondary N) is 2. The number of rotatable bonds is 14. The second-order valence-corrected chi connectivity index (χ2v) is 17.1. The number of fused-ring (bicyclic) bond motifs is 5. The van der Waals surface area contributed by atoms with Gasteiger partial charge in [0, 0.05) is 56.1 Å². The Hall–Kier alpha value is -4.54. The zero-order valence-electron chi connectivity index (χ0n) is 34.0. The van der Waals surface area contributed by atoms with Crippen LogP contribution in [0.15, 0.2) is 45.7 Å². The average molecular weight is 761 g/mol. The van der Waals surface area contributed by atoms with Crippen LogP contribution in [0.4, 0.5) is 0 Å². The SMILES string of the molecule is C#CC(C#C)CN(CC1=NCC(C2C=C3COC4=C(CC5CCc6[nH]c(C7CC(COC)CN7C(=O)CC(C)CC)nc6C5=C4)C3=CC2)N1)C(=O)CC(C)CC. The summed E-state index contributed by atoms with van der Waals surface area (Å²) in [6, 6.07) is 0.0810. The van der Waals surface area contributed by atoms with Gasteiger partial charge in [-0.1, -0.05) is 64.5 Å².